The molecule has 5 rings (SSSR count). The first-order valence-corrected chi connectivity index (χ1v) is 12.9. The number of methoxy groups -OCH3 is 1. The molecule has 0 aromatic heterocycles. The second-order valence-electron chi connectivity index (χ2n) is 9.94. The van der Waals surface area contributed by atoms with E-state index in [9.17, 15) is 9.59 Å². The van der Waals surface area contributed by atoms with Crippen LogP contribution in [0.15, 0.2) is 97.1 Å². The van der Waals surface area contributed by atoms with Crippen LogP contribution in [0.3, 0.4) is 0 Å². The highest BCUT2D eigenvalue weighted by Gasteiger charge is 2.39. The Balaban J connectivity index is 1.62. The number of benzene rings is 4. The van der Waals surface area contributed by atoms with Gasteiger partial charge in [-0.3, -0.25) is 9.59 Å². The van der Waals surface area contributed by atoms with Crippen LogP contribution in [0.2, 0.25) is 0 Å². The van der Waals surface area contributed by atoms with Crippen molar-refractivity contribution >= 4 is 23.2 Å². The third-order valence-corrected chi connectivity index (χ3v) is 7.23. The molecule has 0 radical (unpaired) electrons. The molecular weight excluding hydrogens is 472 g/mol. The van der Waals surface area contributed by atoms with E-state index in [2.05, 4.69) is 13.0 Å². The third-order valence-electron chi connectivity index (χ3n) is 7.23. The third kappa shape index (κ3) is 4.80. The van der Waals surface area contributed by atoms with Gasteiger partial charge in [0.1, 0.15) is 5.75 Å². The van der Waals surface area contributed by atoms with Crippen molar-refractivity contribution < 1.29 is 14.3 Å². The lowest BCUT2D eigenvalue weighted by molar-refractivity contribution is 0.0965. The van der Waals surface area contributed by atoms with Crippen LogP contribution in [0, 0.1) is 13.8 Å². The molecule has 0 aliphatic carbocycles. The summed E-state index contributed by atoms with van der Waals surface area (Å²) in [5.41, 5.74) is 6.07. The molecule has 5 nitrogen and oxygen atoms in total. The van der Waals surface area contributed by atoms with E-state index < -0.39 is 0 Å². The number of anilines is 2. The molecule has 5 heteroatoms. The fourth-order valence-corrected chi connectivity index (χ4v) is 5.24. The van der Waals surface area contributed by atoms with E-state index in [1.807, 2.05) is 90.4 Å². The Bertz CT molecular complexity index is 1450. The molecule has 0 bridgehead atoms. The predicted molar refractivity (Wildman–Crippen MR) is 152 cm³/mol. The summed E-state index contributed by atoms with van der Waals surface area (Å²) in [6.45, 7) is 6.13. The number of nitrogens with zero attached hydrogens (tertiary/aromatic N) is 2. The number of fused-ring (bicyclic) bond motifs is 1. The monoisotopic (exact) mass is 504 g/mol. The number of carbonyl (C=O) groups is 2. The smallest absolute Gasteiger partial charge is 0.258 e. The Morgan fingerprint density at radius 3 is 2.13 bits per heavy atom. The van der Waals surface area contributed by atoms with Crippen molar-refractivity contribution in [3.05, 3.63) is 125 Å². The van der Waals surface area contributed by atoms with Crippen LogP contribution >= 0.6 is 0 Å². The van der Waals surface area contributed by atoms with E-state index >= 15 is 0 Å². The maximum atomic E-state index is 14.1. The van der Waals surface area contributed by atoms with Gasteiger partial charge in [-0.05, 0) is 87.4 Å². The van der Waals surface area contributed by atoms with Gasteiger partial charge in [0.2, 0.25) is 0 Å². The summed E-state index contributed by atoms with van der Waals surface area (Å²) in [5, 5.41) is 0. The van der Waals surface area contributed by atoms with Crippen LogP contribution in [-0.4, -0.2) is 25.0 Å². The second-order valence-corrected chi connectivity index (χ2v) is 9.94. The summed E-state index contributed by atoms with van der Waals surface area (Å²) in [6.07, 6.45) is 0.602. The molecule has 0 fully saturated rings. The normalized spacial score (nSPS) is 16.5. The summed E-state index contributed by atoms with van der Waals surface area (Å²) in [4.78, 5) is 31.6. The van der Waals surface area contributed by atoms with Crippen LogP contribution in [0.25, 0.3) is 0 Å². The van der Waals surface area contributed by atoms with Gasteiger partial charge in [-0.1, -0.05) is 53.6 Å². The minimum atomic E-state index is -0.241. The van der Waals surface area contributed by atoms with Gasteiger partial charge in [-0.25, -0.2) is 0 Å². The topological polar surface area (TPSA) is 49.9 Å². The number of carbonyl (C=O) groups excluding carboxylic acids is 2. The summed E-state index contributed by atoms with van der Waals surface area (Å²) in [5.74, 6) is 0.575. The molecule has 0 saturated heterocycles. The highest BCUT2D eigenvalue weighted by molar-refractivity contribution is 6.09. The number of hydrogen-bond acceptors (Lipinski definition) is 3. The molecular formula is C33H32N2O3. The minimum absolute atomic E-state index is 0.0611. The van der Waals surface area contributed by atoms with E-state index in [4.69, 9.17) is 4.74 Å². The van der Waals surface area contributed by atoms with E-state index in [0.717, 1.165) is 28.1 Å². The van der Waals surface area contributed by atoms with Gasteiger partial charge in [0.25, 0.3) is 11.8 Å². The maximum absolute atomic E-state index is 14.1. The Hall–Kier alpha value is -4.38. The molecule has 1 aliphatic heterocycles. The SMILES string of the molecule is COc1ccc(C(=O)N2c3ccc(C)cc3[C@H](N(C(=O)c3ccccc3)c3ccc(C)cc3)C[C@H]2C)cc1. The zero-order valence-electron chi connectivity index (χ0n) is 22.2. The Morgan fingerprint density at radius 2 is 1.47 bits per heavy atom. The maximum Gasteiger partial charge on any atom is 0.258 e. The lowest BCUT2D eigenvalue weighted by Crippen LogP contribution is -2.48. The average Bonchev–Trinajstić information content (AvgIpc) is 2.94. The highest BCUT2D eigenvalue weighted by Crippen LogP contribution is 2.44. The molecule has 0 unspecified atom stereocenters. The number of ether oxygens (including phenoxy) is 1. The zero-order valence-corrected chi connectivity index (χ0v) is 22.2. The molecule has 0 spiro atoms. The predicted octanol–water partition coefficient (Wildman–Crippen LogP) is 7.14. The van der Waals surface area contributed by atoms with Crippen LogP contribution in [-0.2, 0) is 0 Å². The molecule has 4 aromatic rings. The van der Waals surface area contributed by atoms with Crippen LogP contribution in [0.5, 0.6) is 5.75 Å². The van der Waals surface area contributed by atoms with Gasteiger partial charge in [0, 0.05) is 28.5 Å². The first kappa shape index (κ1) is 25.3. The molecule has 4 aromatic carbocycles. The van der Waals surface area contributed by atoms with E-state index in [0.29, 0.717) is 23.3 Å². The average molecular weight is 505 g/mol. The number of rotatable bonds is 5. The Kier molecular flexibility index (Phi) is 7.01. The summed E-state index contributed by atoms with van der Waals surface area (Å²) >= 11 is 0. The molecule has 0 saturated carbocycles. The van der Waals surface area contributed by atoms with Crippen molar-refractivity contribution in [3.8, 4) is 5.75 Å². The van der Waals surface area contributed by atoms with Crippen molar-refractivity contribution in [2.75, 3.05) is 16.9 Å². The lowest BCUT2D eigenvalue weighted by Gasteiger charge is -2.44. The first-order chi connectivity index (χ1) is 18.4. The quantitative estimate of drug-likeness (QED) is 0.290. The number of aryl methyl sites for hydroxylation is 2. The highest BCUT2D eigenvalue weighted by atomic mass is 16.5. The second kappa shape index (κ2) is 10.5. The first-order valence-electron chi connectivity index (χ1n) is 12.9. The van der Waals surface area contributed by atoms with Crippen molar-refractivity contribution in [1.29, 1.82) is 0 Å². The standard InChI is InChI=1S/C33H32N2O3/c1-22-10-15-27(16-11-22)35(33(37)25-8-6-5-7-9-25)31-21-24(3)34(30-19-12-23(2)20-29(30)31)32(36)26-13-17-28(38-4)18-14-26/h5-20,24,31H,21H2,1-4H3/t24-,31-/m1/s1. The molecule has 2 amide bonds. The summed E-state index contributed by atoms with van der Waals surface area (Å²) < 4.78 is 5.27. The van der Waals surface area contributed by atoms with E-state index in [1.165, 1.54) is 0 Å². The van der Waals surface area contributed by atoms with Gasteiger partial charge in [0.05, 0.1) is 13.2 Å². The molecule has 1 heterocycles. The molecule has 192 valence electrons. The van der Waals surface area contributed by atoms with Crippen LogP contribution < -0.4 is 14.5 Å². The van der Waals surface area contributed by atoms with Crippen molar-refractivity contribution in [2.24, 2.45) is 0 Å². The van der Waals surface area contributed by atoms with E-state index in [-0.39, 0.29) is 23.9 Å². The summed E-state index contributed by atoms with van der Waals surface area (Å²) in [7, 11) is 1.61. The van der Waals surface area contributed by atoms with Gasteiger partial charge >= 0.3 is 0 Å². The van der Waals surface area contributed by atoms with Crippen molar-refractivity contribution in [3.63, 3.8) is 0 Å². The Labute approximate surface area is 224 Å². The molecule has 38 heavy (non-hydrogen) atoms. The van der Waals surface area contributed by atoms with E-state index in [1.54, 1.807) is 31.4 Å². The fraction of sp³-hybridized carbons (Fsp3) is 0.212. The zero-order chi connectivity index (χ0) is 26.8. The van der Waals surface area contributed by atoms with Crippen molar-refractivity contribution in [1.82, 2.24) is 0 Å². The molecule has 1 aliphatic rings. The minimum Gasteiger partial charge on any atom is -0.497 e. The number of hydrogen-bond donors (Lipinski definition) is 0. The number of amides is 2. The fourth-order valence-electron chi connectivity index (χ4n) is 5.24. The van der Waals surface area contributed by atoms with Gasteiger partial charge < -0.3 is 14.5 Å². The summed E-state index contributed by atoms with van der Waals surface area (Å²) in [6, 6.07) is 30.4. The lowest BCUT2D eigenvalue weighted by atomic mass is 9.88. The largest absolute Gasteiger partial charge is 0.497 e. The van der Waals surface area contributed by atoms with Gasteiger partial charge in [-0.15, -0.1) is 0 Å². The van der Waals surface area contributed by atoms with Crippen molar-refractivity contribution in [2.45, 2.75) is 39.3 Å². The van der Waals surface area contributed by atoms with Crippen LogP contribution in [0.4, 0.5) is 11.4 Å². The van der Waals surface area contributed by atoms with Gasteiger partial charge in [-0.2, -0.15) is 0 Å². The van der Waals surface area contributed by atoms with Crippen LogP contribution in [0.1, 0.15) is 56.8 Å². The Morgan fingerprint density at radius 1 is 0.816 bits per heavy atom. The molecule has 2 atom stereocenters. The molecule has 0 N–H and O–H groups in total. The van der Waals surface area contributed by atoms with Gasteiger partial charge in [0.15, 0.2) is 0 Å².